The number of hydrogen-bond acceptors (Lipinski definition) is 6. The summed E-state index contributed by atoms with van der Waals surface area (Å²) in [6.07, 6.45) is 0.860. The third kappa shape index (κ3) is 4.35. The van der Waals surface area contributed by atoms with Gasteiger partial charge in [0, 0.05) is 17.8 Å². The van der Waals surface area contributed by atoms with Crippen LogP contribution < -0.4 is 0 Å². The van der Waals surface area contributed by atoms with Crippen LogP contribution in [0.5, 0.6) is 0 Å². The van der Waals surface area contributed by atoms with Gasteiger partial charge in [-0.3, -0.25) is 9.59 Å². The molecule has 1 saturated carbocycles. The molecule has 5 aromatic rings. The maximum Gasteiger partial charge on any atom is 0.307 e. The normalized spacial score (nSPS) is 21.4. The van der Waals surface area contributed by atoms with Gasteiger partial charge in [-0.25, -0.2) is 23.3 Å². The van der Waals surface area contributed by atoms with Crippen LogP contribution in [-0.2, 0) is 4.79 Å². The highest BCUT2D eigenvalue weighted by molar-refractivity contribution is 7.15. The monoisotopic (exact) mass is 585 g/mol. The molecule has 4 atom stereocenters. The Morgan fingerprint density at radius 2 is 1.88 bits per heavy atom. The van der Waals surface area contributed by atoms with Crippen molar-refractivity contribution in [2.75, 3.05) is 6.54 Å². The molecule has 0 bridgehead atoms. The zero-order chi connectivity index (χ0) is 29.3. The number of carbonyl (C=O) groups excluding carboxylic acids is 1. The molecule has 212 valence electrons. The lowest BCUT2D eigenvalue weighted by molar-refractivity contribution is -0.138. The second-order valence-corrected chi connectivity index (χ2v) is 12.1. The van der Waals surface area contributed by atoms with Gasteiger partial charge >= 0.3 is 5.97 Å². The highest BCUT2D eigenvalue weighted by Gasteiger charge is 2.44. The summed E-state index contributed by atoms with van der Waals surface area (Å²) in [6, 6.07) is 14.8. The minimum absolute atomic E-state index is 0.0926. The third-order valence-electron chi connectivity index (χ3n) is 8.19. The van der Waals surface area contributed by atoms with E-state index in [2.05, 4.69) is 15.1 Å². The van der Waals surface area contributed by atoms with Crippen molar-refractivity contribution in [2.24, 2.45) is 5.92 Å². The Morgan fingerprint density at radius 1 is 1.10 bits per heavy atom. The van der Waals surface area contributed by atoms with Crippen LogP contribution in [0, 0.1) is 18.7 Å². The number of fused-ring (bicyclic) bond motifs is 2. The molecular formula is C31H25F2N5O3S. The summed E-state index contributed by atoms with van der Waals surface area (Å²) in [4.78, 5) is 36.3. The molecule has 42 heavy (non-hydrogen) atoms. The highest BCUT2D eigenvalue weighted by atomic mass is 32.1. The number of aryl methyl sites for hydroxylation is 1. The third-order valence-corrected chi connectivity index (χ3v) is 9.13. The molecule has 11 heteroatoms. The van der Waals surface area contributed by atoms with Crippen molar-refractivity contribution in [1.82, 2.24) is 24.5 Å². The zero-order valence-electron chi connectivity index (χ0n) is 22.7. The molecule has 1 aliphatic heterocycles. The average Bonchev–Trinajstić information content (AvgIpc) is 3.50. The Balaban J connectivity index is 1.29. The molecule has 1 aliphatic carbocycles. The van der Waals surface area contributed by atoms with Crippen molar-refractivity contribution in [3.8, 4) is 21.8 Å². The zero-order valence-corrected chi connectivity index (χ0v) is 23.5. The standard InChI is InChI=1S/C31H25F2N5O3S/c1-15-18-5-3-4-6-19(18)24(33)14-37(15)30(39)26-11-27(28-13-34-16(2)42-28)38-29(35-26)12-25(36-38)20-8-7-17(9-23(20)32)21-10-22(21)31(40)41/h3-9,11-13,15,21-22,24H,10,14H2,1-2H3,(H,40,41)/t15-,21-,22+,24-/m1/s1. The molecule has 0 unspecified atom stereocenters. The number of thiazole rings is 1. The fourth-order valence-corrected chi connectivity index (χ4v) is 6.64. The molecule has 0 saturated heterocycles. The lowest BCUT2D eigenvalue weighted by Gasteiger charge is -2.36. The first-order valence-corrected chi connectivity index (χ1v) is 14.4. The van der Waals surface area contributed by atoms with Gasteiger partial charge in [-0.1, -0.05) is 30.3 Å². The number of nitrogens with zero attached hydrogens (tertiary/aromatic N) is 5. The molecule has 1 fully saturated rings. The number of carbonyl (C=O) groups is 2. The molecule has 1 amide bonds. The van der Waals surface area contributed by atoms with Gasteiger partial charge in [-0.2, -0.15) is 5.10 Å². The quantitative estimate of drug-likeness (QED) is 0.257. The summed E-state index contributed by atoms with van der Waals surface area (Å²) in [5.74, 6) is -2.50. The van der Waals surface area contributed by atoms with Crippen molar-refractivity contribution < 1.29 is 23.5 Å². The predicted molar refractivity (Wildman–Crippen MR) is 152 cm³/mol. The molecule has 0 spiro atoms. The van der Waals surface area contributed by atoms with Gasteiger partial charge in [0.15, 0.2) is 5.65 Å². The SMILES string of the molecule is Cc1ncc(-c2cc(C(=O)N3C[C@@H](F)c4ccccc4[C@H]3C)nc3cc(-c4ccc([C@H]5C[C@@H]5C(=O)O)cc4F)nn23)s1. The average molecular weight is 586 g/mol. The van der Waals surface area contributed by atoms with E-state index >= 15 is 8.78 Å². The van der Waals surface area contributed by atoms with Gasteiger partial charge in [0.2, 0.25) is 0 Å². The van der Waals surface area contributed by atoms with E-state index in [1.165, 1.54) is 22.3 Å². The summed E-state index contributed by atoms with van der Waals surface area (Å²) < 4.78 is 32.0. The van der Waals surface area contributed by atoms with Crippen LogP contribution in [0.1, 0.15) is 63.7 Å². The number of carboxylic acids is 1. The van der Waals surface area contributed by atoms with Crippen LogP contribution in [0.2, 0.25) is 0 Å². The molecule has 2 aliphatic rings. The molecule has 1 N–H and O–H groups in total. The summed E-state index contributed by atoms with van der Waals surface area (Å²) in [6.45, 7) is 3.65. The van der Waals surface area contributed by atoms with Crippen LogP contribution >= 0.6 is 11.3 Å². The van der Waals surface area contributed by atoms with Gasteiger partial charge in [-0.15, -0.1) is 11.3 Å². The van der Waals surface area contributed by atoms with Crippen LogP contribution in [0.4, 0.5) is 8.78 Å². The maximum absolute atomic E-state index is 15.3. The number of amides is 1. The Morgan fingerprint density at radius 3 is 2.57 bits per heavy atom. The Hall–Kier alpha value is -4.51. The van der Waals surface area contributed by atoms with Crippen molar-refractivity contribution in [3.63, 3.8) is 0 Å². The Bertz CT molecular complexity index is 1900. The number of benzene rings is 2. The number of aliphatic carboxylic acids is 1. The van der Waals surface area contributed by atoms with Crippen molar-refractivity contribution in [3.05, 3.63) is 94.0 Å². The lowest BCUT2D eigenvalue weighted by atomic mass is 9.92. The van der Waals surface area contributed by atoms with Gasteiger partial charge in [0.25, 0.3) is 5.91 Å². The van der Waals surface area contributed by atoms with Gasteiger partial charge < -0.3 is 10.0 Å². The smallest absolute Gasteiger partial charge is 0.307 e. The largest absolute Gasteiger partial charge is 0.481 e. The number of alkyl halides is 1. The molecule has 4 heterocycles. The number of carboxylic acid groups (broad SMARTS) is 1. The molecule has 7 rings (SSSR count). The van der Waals surface area contributed by atoms with Gasteiger partial charge in [0.1, 0.15) is 17.7 Å². The van der Waals surface area contributed by atoms with Crippen molar-refractivity contribution in [2.45, 2.75) is 38.4 Å². The predicted octanol–water partition coefficient (Wildman–Crippen LogP) is 6.38. The minimum atomic E-state index is -1.32. The fraction of sp³-hybridized carbons (Fsp3) is 0.258. The van der Waals surface area contributed by atoms with Crippen LogP contribution in [0.3, 0.4) is 0 Å². The van der Waals surface area contributed by atoms with Crippen molar-refractivity contribution in [1.29, 1.82) is 0 Å². The van der Waals surface area contributed by atoms with Gasteiger partial charge in [0.05, 0.1) is 39.8 Å². The molecule has 8 nitrogen and oxygen atoms in total. The van der Waals surface area contributed by atoms with Crippen LogP contribution in [0.25, 0.3) is 27.5 Å². The molecular weight excluding hydrogens is 560 g/mol. The van der Waals surface area contributed by atoms with Crippen molar-refractivity contribution >= 4 is 28.9 Å². The number of halogens is 2. The first-order chi connectivity index (χ1) is 20.2. The summed E-state index contributed by atoms with van der Waals surface area (Å²) >= 11 is 1.42. The Labute approximate surface area is 243 Å². The summed E-state index contributed by atoms with van der Waals surface area (Å²) in [5, 5.41) is 14.7. The van der Waals surface area contributed by atoms with Gasteiger partial charge in [-0.05, 0) is 61.1 Å². The first kappa shape index (κ1) is 26.4. The fourth-order valence-electron chi connectivity index (χ4n) is 5.86. The van der Waals surface area contributed by atoms with Crippen LogP contribution in [0.15, 0.2) is 60.8 Å². The van der Waals surface area contributed by atoms with Crippen LogP contribution in [-0.4, -0.2) is 48.0 Å². The van der Waals surface area contributed by atoms with E-state index in [1.807, 2.05) is 26.0 Å². The first-order valence-electron chi connectivity index (χ1n) is 13.6. The summed E-state index contributed by atoms with van der Waals surface area (Å²) in [7, 11) is 0. The van der Waals surface area contributed by atoms with E-state index in [-0.39, 0.29) is 29.8 Å². The van der Waals surface area contributed by atoms with E-state index in [0.717, 1.165) is 15.4 Å². The number of hydrogen-bond donors (Lipinski definition) is 1. The highest BCUT2D eigenvalue weighted by Crippen LogP contribution is 2.48. The van der Waals surface area contributed by atoms with E-state index in [1.54, 1.807) is 47.1 Å². The van der Waals surface area contributed by atoms with E-state index < -0.39 is 29.8 Å². The molecule has 2 aromatic carbocycles. The van der Waals surface area contributed by atoms with E-state index in [9.17, 15) is 14.7 Å². The minimum Gasteiger partial charge on any atom is -0.481 e. The number of rotatable bonds is 5. The lowest BCUT2D eigenvalue weighted by Crippen LogP contribution is -2.40. The van der Waals surface area contributed by atoms with E-state index in [4.69, 9.17) is 0 Å². The topological polar surface area (TPSA) is 101 Å². The molecule has 0 radical (unpaired) electrons. The second kappa shape index (κ2) is 9.80. The Kier molecular flexibility index (Phi) is 6.16. The van der Waals surface area contributed by atoms with E-state index in [0.29, 0.717) is 34.6 Å². The summed E-state index contributed by atoms with van der Waals surface area (Å²) in [5.41, 5.74) is 3.55. The second-order valence-electron chi connectivity index (χ2n) is 10.8. The number of aromatic nitrogens is 4. The maximum atomic E-state index is 15.3. The molecule has 3 aromatic heterocycles.